The highest BCUT2D eigenvalue weighted by Gasteiger charge is 2.34. The molecule has 0 radical (unpaired) electrons. The molecule has 1 saturated carbocycles. The van der Waals surface area contributed by atoms with E-state index in [9.17, 15) is 17.6 Å². The number of hydrogen-bond acceptors (Lipinski definition) is 28. The van der Waals surface area contributed by atoms with Crippen LogP contribution in [0.5, 0.6) is 23.0 Å². The Bertz CT molecular complexity index is 7130. The summed E-state index contributed by atoms with van der Waals surface area (Å²) < 4.78 is 101. The van der Waals surface area contributed by atoms with Gasteiger partial charge in [-0.1, -0.05) is 0 Å². The van der Waals surface area contributed by atoms with E-state index in [4.69, 9.17) is 54.8 Å². The number of rotatable bonds is 21. The van der Waals surface area contributed by atoms with E-state index in [-0.39, 0.29) is 55.0 Å². The summed E-state index contributed by atoms with van der Waals surface area (Å²) in [6.07, 6.45) is 20.7. The molecule has 37 nitrogen and oxygen atoms in total. The van der Waals surface area contributed by atoms with Crippen molar-refractivity contribution >= 4 is 46.4 Å². The third kappa shape index (κ3) is 15.8. The van der Waals surface area contributed by atoms with Gasteiger partial charge in [0.1, 0.15) is 57.7 Å². The largest absolute Gasteiger partial charge is 0.493 e. The number of tetrazole rings is 1. The predicted octanol–water partition coefficient (Wildman–Crippen LogP) is 12.2. The average Bonchev–Trinajstić information content (AvgIpc) is 1.56. The van der Waals surface area contributed by atoms with Crippen molar-refractivity contribution in [1.29, 1.82) is 0 Å². The summed E-state index contributed by atoms with van der Waals surface area (Å²) in [7, 11) is 7.54. The number of imidazole rings is 4. The summed E-state index contributed by atoms with van der Waals surface area (Å²) in [6.45, 7) is 13.0. The van der Waals surface area contributed by atoms with Gasteiger partial charge in [-0.2, -0.15) is 25.6 Å². The van der Waals surface area contributed by atoms with Gasteiger partial charge in [0.2, 0.25) is 36.0 Å². The molecule has 4 aliphatic heterocycles. The molecule has 5 aliphatic rings. The van der Waals surface area contributed by atoms with E-state index in [0.717, 1.165) is 149 Å². The van der Waals surface area contributed by atoms with Gasteiger partial charge < -0.3 is 56.1 Å². The molecule has 1 aliphatic carbocycles. The molecule has 0 spiro atoms. The summed E-state index contributed by atoms with van der Waals surface area (Å²) >= 11 is 0. The van der Waals surface area contributed by atoms with Gasteiger partial charge in [-0.05, 0) is 131 Å². The second-order valence-electron chi connectivity index (χ2n) is 32.5. The molecule has 18 aromatic rings. The second kappa shape index (κ2) is 34.0. The van der Waals surface area contributed by atoms with Crippen molar-refractivity contribution in [2.75, 3.05) is 47.7 Å². The number of aromatic nitrogens is 26. The van der Waals surface area contributed by atoms with Crippen LogP contribution in [0, 0.1) is 56.9 Å². The highest BCUT2D eigenvalue weighted by Crippen LogP contribution is 2.42. The molecule has 9 N–H and O–H groups in total. The van der Waals surface area contributed by atoms with Gasteiger partial charge in [0.15, 0.2) is 22.6 Å². The van der Waals surface area contributed by atoms with Crippen LogP contribution in [0.25, 0.3) is 90.7 Å². The minimum Gasteiger partial charge on any atom is -0.493 e. The molecule has 662 valence electrons. The maximum Gasteiger partial charge on any atom is 0.267 e. The number of ether oxygens (including phenoxy) is 4. The van der Waals surface area contributed by atoms with Gasteiger partial charge in [0.05, 0.1) is 112 Å². The number of hydrogen-bond donors (Lipinski definition) is 7. The monoisotopic (exact) mass is 1760 g/mol. The normalized spacial score (nSPS) is 13.9. The van der Waals surface area contributed by atoms with Crippen LogP contribution < -0.4 is 51.7 Å². The van der Waals surface area contributed by atoms with Crippen LogP contribution >= 0.6 is 0 Å². The standard InChI is InChI=1S/C24H26FN7O.C22H19FN8O2.C22H24FN7O.C21H19FN10O/c1-13-9-20(31(2)30-13)17-11-28-24(32-12-19(29-23(17)32)22(26)14-3-4-14)27-10-16-15-7-8-33-21(15)6-5-18(16)25;1-12-7-18(30(2)29-12)15-9-25-22(31-10-17(27-20(15)31)21-28-26-11-33-21)24-8-14-13-5-6-32-19(13)4-3-16(14)23;1-12-8-19(29(3)28-12)16-10-26-22(30-11-18(13(2)24)27-21(16)30)25-9-15-14-6-7-31-20(14)5-4-17(15)23;1-11-7-17(31(2)28-11)14-9-24-21(32-10-16(25-20(14)32)19-26-29-30-27-19)23-8-13-12-5-6-33-18(12)4-3-15(13)22/h5-6,9,11-12,14,22H,3-4,7-8,10,26H2,1-2H3,(H,27,28);3-4,7,9-11H,5-6,8H2,1-2H3,(H,24,25);4-5,8,10-11,13H,6-7,9,24H2,1-3H3,(H,25,26);3-4,7,9-10H,5-6,8H2,1-2H3,(H,23,24)(H,26,27,29,30). The number of benzene rings is 4. The summed E-state index contributed by atoms with van der Waals surface area (Å²) in [6, 6.07) is 20.1. The Morgan fingerprint density at radius 3 is 1.10 bits per heavy atom. The lowest BCUT2D eigenvalue weighted by Gasteiger charge is -2.13. The Hall–Kier alpha value is -15.6. The zero-order chi connectivity index (χ0) is 89.4. The molecule has 18 heterocycles. The molecule has 4 aromatic carbocycles. The fourth-order valence-corrected chi connectivity index (χ4v) is 17.2. The number of anilines is 4. The maximum absolute atomic E-state index is 14.6. The molecule has 2 atom stereocenters. The van der Waals surface area contributed by atoms with Gasteiger partial charge in [0, 0.05) is 180 Å². The molecule has 0 saturated heterocycles. The van der Waals surface area contributed by atoms with Gasteiger partial charge in [-0.3, -0.25) is 36.3 Å². The SMILES string of the molecule is Cc1cc(-c2cnc(NCc3c(F)ccc4c3CCO4)n3cc(-c4nn[nH]n4)nc23)n(C)n1.Cc1cc(-c2cnc(NCc3c(F)ccc4c3CCO4)n3cc(-c4nnco4)nc23)n(C)n1.Cc1cc(-c2cnc(NCc3c(F)ccc4c3CCO4)n3cc(C(C)N)nc23)n(C)n1.Cc1cc(-c2cnc(NCc3c(F)ccc4c3CCO4)n3cc(C(N)C4CC4)nc23)n(C)n1. The molecule has 23 rings (SSSR count). The van der Waals surface area contributed by atoms with E-state index in [1.807, 2.05) is 118 Å². The van der Waals surface area contributed by atoms with E-state index in [0.29, 0.717) is 145 Å². The van der Waals surface area contributed by atoms with Crippen LogP contribution in [-0.2, 0) is 80.1 Å². The molecule has 0 bridgehead atoms. The van der Waals surface area contributed by atoms with Crippen molar-refractivity contribution < 1.29 is 40.9 Å². The van der Waals surface area contributed by atoms with Crippen molar-refractivity contribution in [3.63, 3.8) is 0 Å². The summed E-state index contributed by atoms with van der Waals surface area (Å²) in [5, 5.41) is 52.7. The number of aromatic amines is 1. The number of aryl methyl sites for hydroxylation is 8. The second-order valence-corrected chi connectivity index (χ2v) is 32.5. The van der Waals surface area contributed by atoms with E-state index in [1.54, 1.807) is 79.6 Å². The van der Waals surface area contributed by atoms with E-state index < -0.39 is 0 Å². The third-order valence-electron chi connectivity index (χ3n) is 23.7. The minimum atomic E-state index is -0.276. The maximum atomic E-state index is 14.6. The van der Waals surface area contributed by atoms with Crippen molar-refractivity contribution in [2.45, 2.75) is 111 Å². The lowest BCUT2D eigenvalue weighted by Crippen LogP contribution is -2.12. The van der Waals surface area contributed by atoms with Gasteiger partial charge in [-0.15, -0.1) is 20.4 Å². The Balaban J connectivity index is 0.000000108. The quantitative estimate of drug-likeness (QED) is 0.0329. The van der Waals surface area contributed by atoms with E-state index >= 15 is 0 Å². The first kappa shape index (κ1) is 82.7. The van der Waals surface area contributed by atoms with E-state index in [1.165, 1.54) is 30.7 Å². The van der Waals surface area contributed by atoms with Crippen LogP contribution in [0.15, 0.2) is 133 Å². The van der Waals surface area contributed by atoms with Crippen molar-refractivity contribution in [1.82, 2.24) is 127 Å². The molecule has 41 heteroatoms. The smallest absolute Gasteiger partial charge is 0.267 e. The Morgan fingerprint density at radius 1 is 0.438 bits per heavy atom. The highest BCUT2D eigenvalue weighted by molar-refractivity contribution is 5.81. The topological polar surface area (TPSA) is 422 Å². The molecular formula is C89H88F4N32O5. The average molecular weight is 1760 g/mol. The van der Waals surface area contributed by atoms with Crippen molar-refractivity contribution in [3.05, 3.63) is 231 Å². The highest BCUT2D eigenvalue weighted by atomic mass is 19.1. The summed E-state index contributed by atoms with van der Waals surface area (Å²) in [5.74, 6) is 5.21. The van der Waals surface area contributed by atoms with Crippen LogP contribution in [0.4, 0.5) is 41.4 Å². The van der Waals surface area contributed by atoms with Gasteiger partial charge in [-0.25, -0.2) is 57.4 Å². The number of H-pyrrole nitrogens is 1. The van der Waals surface area contributed by atoms with Crippen molar-refractivity contribution in [2.24, 2.45) is 45.6 Å². The van der Waals surface area contributed by atoms with Gasteiger partial charge >= 0.3 is 0 Å². The first-order valence-electron chi connectivity index (χ1n) is 42.3. The molecule has 14 aromatic heterocycles. The van der Waals surface area contributed by atoms with Crippen LogP contribution in [0.1, 0.15) is 111 Å². The van der Waals surface area contributed by atoms with Crippen LogP contribution in [-0.4, -0.2) is 154 Å². The van der Waals surface area contributed by atoms with Crippen LogP contribution in [0.2, 0.25) is 0 Å². The van der Waals surface area contributed by atoms with E-state index in [2.05, 4.69) is 92.4 Å². The Morgan fingerprint density at radius 2 is 0.777 bits per heavy atom. The zero-order valence-electron chi connectivity index (χ0n) is 72.1. The lowest BCUT2D eigenvalue weighted by molar-refractivity contribution is 0.356. The third-order valence-corrected chi connectivity index (χ3v) is 23.7. The minimum absolute atomic E-state index is 0.106. The molecular weight excluding hydrogens is 1670 g/mol. The summed E-state index contributed by atoms with van der Waals surface area (Å²) in [5.41, 5.74) is 34.4. The predicted molar refractivity (Wildman–Crippen MR) is 470 cm³/mol. The fraction of sp³-hybridized carbons (Fsp3) is 0.292. The number of nitrogens with two attached hydrogens (primary N) is 2. The first-order valence-corrected chi connectivity index (χ1v) is 42.3. The number of nitrogens with one attached hydrogen (secondary N) is 5. The molecule has 1 fully saturated rings. The first-order chi connectivity index (χ1) is 63.1. The molecule has 0 amide bonds. The number of fused-ring (bicyclic) bond motifs is 8. The zero-order valence-corrected chi connectivity index (χ0v) is 72.1. The Kier molecular flexibility index (Phi) is 21.6. The lowest BCUT2D eigenvalue weighted by atomic mass is 10.0. The van der Waals surface area contributed by atoms with Crippen molar-refractivity contribution in [3.8, 4) is 91.1 Å². The van der Waals surface area contributed by atoms with Crippen LogP contribution in [0.3, 0.4) is 0 Å². The fourth-order valence-electron chi connectivity index (χ4n) is 17.2. The molecule has 2 unspecified atom stereocenters. The number of nitrogens with zero attached hydrogens (tertiary/aromatic N) is 25. The number of halogens is 4. The van der Waals surface area contributed by atoms with Gasteiger partial charge in [0.25, 0.3) is 5.89 Å². The summed E-state index contributed by atoms with van der Waals surface area (Å²) in [4.78, 5) is 37.7. The Labute approximate surface area is 737 Å². The molecule has 130 heavy (non-hydrogen) atoms.